The van der Waals surface area contributed by atoms with E-state index >= 15 is 0 Å². The lowest BCUT2D eigenvalue weighted by molar-refractivity contribution is -0.125. The molecule has 1 rings (SSSR count). The lowest BCUT2D eigenvalue weighted by Gasteiger charge is -2.40. The molecule has 2 unspecified atom stereocenters. The monoisotopic (exact) mass is 269 g/mol. The highest BCUT2D eigenvalue weighted by atomic mass is 16.1. The van der Waals surface area contributed by atoms with Gasteiger partial charge in [-0.15, -0.1) is 0 Å². The molecule has 0 aromatic heterocycles. The van der Waals surface area contributed by atoms with E-state index in [1.54, 1.807) is 0 Å². The third-order valence-corrected chi connectivity index (χ3v) is 4.50. The largest absolute Gasteiger partial charge is 0.355 e. The van der Waals surface area contributed by atoms with Crippen molar-refractivity contribution in [2.75, 3.05) is 33.2 Å². The minimum absolute atomic E-state index is 0.0230. The van der Waals surface area contributed by atoms with Crippen molar-refractivity contribution in [3.63, 3.8) is 0 Å². The van der Waals surface area contributed by atoms with E-state index in [9.17, 15) is 4.79 Å². The Labute approximate surface area is 118 Å². The van der Waals surface area contributed by atoms with E-state index in [1.807, 2.05) is 6.92 Å². The van der Waals surface area contributed by atoms with Crippen LogP contribution in [0.4, 0.5) is 0 Å². The molecule has 0 aliphatic carbocycles. The van der Waals surface area contributed by atoms with Gasteiger partial charge in [0.05, 0.1) is 0 Å². The highest BCUT2D eigenvalue weighted by Crippen LogP contribution is 2.33. The molecule has 0 aromatic rings. The zero-order chi connectivity index (χ0) is 14.5. The molecule has 1 fully saturated rings. The van der Waals surface area contributed by atoms with Crippen molar-refractivity contribution in [2.24, 2.45) is 23.0 Å². The van der Waals surface area contributed by atoms with Crippen molar-refractivity contribution in [1.29, 1.82) is 0 Å². The Morgan fingerprint density at radius 1 is 1.53 bits per heavy atom. The second-order valence-corrected chi connectivity index (χ2v) is 6.79. The quantitative estimate of drug-likeness (QED) is 0.767. The molecule has 1 amide bonds. The first-order chi connectivity index (χ1) is 8.86. The normalized spacial score (nSPS) is 23.1. The Morgan fingerprint density at radius 2 is 2.21 bits per heavy atom. The number of likely N-dealkylation sites (tertiary alicyclic amines) is 1. The topological polar surface area (TPSA) is 58.4 Å². The number of hydrogen-bond acceptors (Lipinski definition) is 3. The van der Waals surface area contributed by atoms with Gasteiger partial charge in [0.1, 0.15) is 0 Å². The van der Waals surface area contributed by atoms with Crippen LogP contribution in [0.2, 0.25) is 0 Å². The van der Waals surface area contributed by atoms with Crippen LogP contribution in [0.1, 0.15) is 40.0 Å². The summed E-state index contributed by atoms with van der Waals surface area (Å²) in [6, 6.07) is 0. The number of nitrogens with one attached hydrogen (secondary N) is 1. The molecule has 1 aliphatic rings. The van der Waals surface area contributed by atoms with Crippen LogP contribution in [-0.2, 0) is 4.79 Å². The fourth-order valence-electron chi connectivity index (χ4n) is 2.82. The first-order valence-corrected chi connectivity index (χ1v) is 7.53. The molecule has 1 aliphatic heterocycles. The van der Waals surface area contributed by atoms with E-state index < -0.39 is 0 Å². The molecule has 19 heavy (non-hydrogen) atoms. The number of nitrogens with two attached hydrogens (primary N) is 1. The predicted octanol–water partition coefficient (Wildman–Crippen LogP) is 1.46. The number of nitrogens with zero attached hydrogens (tertiary/aromatic N) is 1. The van der Waals surface area contributed by atoms with Crippen LogP contribution in [0.5, 0.6) is 0 Å². The van der Waals surface area contributed by atoms with Gasteiger partial charge in [0.25, 0.3) is 0 Å². The van der Waals surface area contributed by atoms with Crippen molar-refractivity contribution in [2.45, 2.75) is 40.0 Å². The van der Waals surface area contributed by atoms with Crippen LogP contribution in [0.3, 0.4) is 0 Å². The zero-order valence-corrected chi connectivity index (χ0v) is 13.0. The van der Waals surface area contributed by atoms with Crippen molar-refractivity contribution in [1.82, 2.24) is 10.2 Å². The molecule has 0 radical (unpaired) electrons. The van der Waals surface area contributed by atoms with Gasteiger partial charge in [0.2, 0.25) is 5.91 Å². The van der Waals surface area contributed by atoms with Gasteiger partial charge < -0.3 is 16.0 Å². The SMILES string of the molecule is CC(CCN)C(=O)NCC(C)(C)C1CCCN(C)C1. The van der Waals surface area contributed by atoms with Crippen LogP contribution in [0.15, 0.2) is 0 Å². The Bertz CT molecular complexity index is 291. The number of piperidine rings is 1. The van der Waals surface area contributed by atoms with E-state index in [1.165, 1.54) is 19.4 Å². The zero-order valence-electron chi connectivity index (χ0n) is 13.0. The Balaban J connectivity index is 2.43. The summed E-state index contributed by atoms with van der Waals surface area (Å²) in [7, 11) is 2.18. The maximum Gasteiger partial charge on any atom is 0.222 e. The van der Waals surface area contributed by atoms with Gasteiger partial charge in [0, 0.05) is 19.0 Å². The van der Waals surface area contributed by atoms with E-state index in [0.29, 0.717) is 12.5 Å². The van der Waals surface area contributed by atoms with Crippen LogP contribution in [0, 0.1) is 17.3 Å². The number of carbonyl (C=O) groups excluding carboxylic acids is 1. The van der Waals surface area contributed by atoms with Crippen molar-refractivity contribution >= 4 is 5.91 Å². The van der Waals surface area contributed by atoms with Gasteiger partial charge in [-0.3, -0.25) is 4.79 Å². The summed E-state index contributed by atoms with van der Waals surface area (Å²) in [5, 5.41) is 3.11. The summed E-state index contributed by atoms with van der Waals surface area (Å²) in [4.78, 5) is 14.3. The Hall–Kier alpha value is -0.610. The standard InChI is InChI=1S/C15H31N3O/c1-12(7-8-16)14(19)17-11-15(2,3)13-6-5-9-18(4)10-13/h12-13H,5-11,16H2,1-4H3,(H,17,19). The Kier molecular flexibility index (Phi) is 6.27. The van der Waals surface area contributed by atoms with Crippen LogP contribution < -0.4 is 11.1 Å². The molecule has 4 heteroatoms. The summed E-state index contributed by atoms with van der Waals surface area (Å²) in [5.41, 5.74) is 5.66. The first kappa shape index (κ1) is 16.4. The van der Waals surface area contributed by atoms with Crippen molar-refractivity contribution in [3.8, 4) is 0 Å². The summed E-state index contributed by atoms with van der Waals surface area (Å²) < 4.78 is 0. The third kappa shape index (κ3) is 5.11. The molecule has 0 saturated carbocycles. The fourth-order valence-corrected chi connectivity index (χ4v) is 2.82. The van der Waals surface area contributed by atoms with Gasteiger partial charge >= 0.3 is 0 Å². The average molecular weight is 269 g/mol. The number of amides is 1. The van der Waals surface area contributed by atoms with Gasteiger partial charge in [0.15, 0.2) is 0 Å². The highest BCUT2D eigenvalue weighted by Gasteiger charge is 2.32. The molecule has 1 saturated heterocycles. The van der Waals surface area contributed by atoms with E-state index in [4.69, 9.17) is 5.73 Å². The highest BCUT2D eigenvalue weighted by molar-refractivity contribution is 5.78. The molecule has 3 N–H and O–H groups in total. The molecular weight excluding hydrogens is 238 g/mol. The molecule has 112 valence electrons. The maximum absolute atomic E-state index is 11.9. The molecule has 4 nitrogen and oxygen atoms in total. The molecule has 2 atom stereocenters. The number of rotatable bonds is 6. The van der Waals surface area contributed by atoms with Crippen LogP contribution >= 0.6 is 0 Å². The summed E-state index contributed by atoms with van der Waals surface area (Å²) in [6.07, 6.45) is 3.30. The van der Waals surface area contributed by atoms with E-state index in [-0.39, 0.29) is 17.2 Å². The molecule has 0 spiro atoms. The van der Waals surface area contributed by atoms with E-state index in [0.717, 1.165) is 19.5 Å². The summed E-state index contributed by atoms with van der Waals surface area (Å²) >= 11 is 0. The fraction of sp³-hybridized carbons (Fsp3) is 0.933. The number of hydrogen-bond donors (Lipinski definition) is 2. The van der Waals surface area contributed by atoms with E-state index in [2.05, 4.69) is 31.1 Å². The second-order valence-electron chi connectivity index (χ2n) is 6.79. The minimum Gasteiger partial charge on any atom is -0.355 e. The smallest absolute Gasteiger partial charge is 0.222 e. The average Bonchev–Trinajstić information content (AvgIpc) is 2.36. The van der Waals surface area contributed by atoms with Crippen molar-refractivity contribution in [3.05, 3.63) is 0 Å². The first-order valence-electron chi connectivity index (χ1n) is 7.53. The molecule has 1 heterocycles. The van der Waals surface area contributed by atoms with Gasteiger partial charge in [-0.1, -0.05) is 20.8 Å². The lowest BCUT2D eigenvalue weighted by Crippen LogP contribution is -2.46. The van der Waals surface area contributed by atoms with Crippen LogP contribution in [0.25, 0.3) is 0 Å². The van der Waals surface area contributed by atoms with Gasteiger partial charge in [-0.25, -0.2) is 0 Å². The molecule has 0 bridgehead atoms. The lowest BCUT2D eigenvalue weighted by atomic mass is 9.74. The summed E-state index contributed by atoms with van der Waals surface area (Å²) in [5.74, 6) is 0.828. The molecule has 0 aromatic carbocycles. The second kappa shape index (κ2) is 7.25. The van der Waals surface area contributed by atoms with Crippen LogP contribution in [-0.4, -0.2) is 44.0 Å². The Morgan fingerprint density at radius 3 is 2.79 bits per heavy atom. The number of carbonyl (C=O) groups is 1. The van der Waals surface area contributed by atoms with Crippen molar-refractivity contribution < 1.29 is 4.79 Å². The molecular formula is C15H31N3O. The summed E-state index contributed by atoms with van der Waals surface area (Å²) in [6.45, 7) is 10.2. The van der Waals surface area contributed by atoms with Gasteiger partial charge in [-0.05, 0) is 50.7 Å². The minimum atomic E-state index is 0.0230. The van der Waals surface area contributed by atoms with Gasteiger partial charge in [-0.2, -0.15) is 0 Å². The third-order valence-electron chi connectivity index (χ3n) is 4.50. The predicted molar refractivity (Wildman–Crippen MR) is 79.8 cm³/mol. The maximum atomic E-state index is 11.9.